The highest BCUT2D eigenvalue weighted by atomic mass is 15.0. The van der Waals surface area contributed by atoms with Crippen molar-refractivity contribution in [1.29, 1.82) is 0 Å². The second-order valence-electron chi connectivity index (χ2n) is 5.52. The first-order valence-corrected chi connectivity index (χ1v) is 7.44. The molecule has 0 spiro atoms. The number of pyridine rings is 1. The zero-order chi connectivity index (χ0) is 16.4. The van der Waals surface area contributed by atoms with E-state index in [1.54, 1.807) is 6.20 Å². The van der Waals surface area contributed by atoms with E-state index < -0.39 is 0 Å². The van der Waals surface area contributed by atoms with Gasteiger partial charge >= 0.3 is 0 Å². The smallest absolute Gasteiger partial charge is 0.210 e. The number of benzene rings is 1. The van der Waals surface area contributed by atoms with Gasteiger partial charge in [0, 0.05) is 38.1 Å². The van der Waals surface area contributed by atoms with Crippen LogP contribution in [0.4, 0.5) is 5.69 Å². The van der Waals surface area contributed by atoms with E-state index in [2.05, 4.69) is 38.9 Å². The third kappa shape index (κ3) is 2.69. The fraction of sp³-hybridized carbons (Fsp3) is 0.158. The summed E-state index contributed by atoms with van der Waals surface area (Å²) in [5.74, 6) is 0. The fourth-order valence-electron chi connectivity index (χ4n) is 2.74. The van der Waals surface area contributed by atoms with Gasteiger partial charge in [0.1, 0.15) is 0 Å². The van der Waals surface area contributed by atoms with Gasteiger partial charge < -0.3 is 0 Å². The molecule has 1 aromatic carbocycles. The highest BCUT2D eigenvalue weighted by Crippen LogP contribution is 2.23. The van der Waals surface area contributed by atoms with Crippen molar-refractivity contribution in [2.75, 3.05) is 0 Å². The average molecular weight is 302 g/mol. The lowest BCUT2D eigenvalue weighted by Crippen LogP contribution is -2.39. The van der Waals surface area contributed by atoms with Crippen LogP contribution in [0.5, 0.6) is 0 Å². The molecular weight excluding hydrogens is 284 g/mol. The van der Waals surface area contributed by atoms with E-state index in [-0.39, 0.29) is 0 Å². The zero-order valence-electron chi connectivity index (χ0n) is 13.5. The Labute approximate surface area is 136 Å². The zero-order valence-corrected chi connectivity index (χ0v) is 13.5. The molecule has 0 unspecified atom stereocenters. The first-order chi connectivity index (χ1) is 11.1. The maximum absolute atomic E-state index is 7.43. The summed E-state index contributed by atoms with van der Waals surface area (Å²) in [6, 6.07) is 9.95. The van der Waals surface area contributed by atoms with Crippen LogP contribution in [0.1, 0.15) is 17.0 Å². The molecule has 0 saturated carbocycles. The van der Waals surface area contributed by atoms with Crippen LogP contribution < -0.4 is 9.13 Å². The SMILES string of the molecule is [C-]#[N+]c1cc(-[n+]2ccccc2C)c(C)c(-[n+]2ccncc2C)c1. The number of rotatable bonds is 2. The molecule has 3 aromatic rings. The molecule has 0 aliphatic rings. The molecular formula is C19H18N4+2. The van der Waals surface area contributed by atoms with E-state index in [4.69, 9.17) is 6.57 Å². The van der Waals surface area contributed by atoms with E-state index in [0.717, 1.165) is 28.3 Å². The molecule has 23 heavy (non-hydrogen) atoms. The third-order valence-corrected chi connectivity index (χ3v) is 3.99. The topological polar surface area (TPSA) is 25.0 Å². The number of hydrogen-bond acceptors (Lipinski definition) is 1. The molecule has 4 heteroatoms. The van der Waals surface area contributed by atoms with Gasteiger partial charge in [-0.3, -0.25) is 4.98 Å². The Morgan fingerprint density at radius 1 is 0.957 bits per heavy atom. The number of hydrogen-bond donors (Lipinski definition) is 0. The van der Waals surface area contributed by atoms with E-state index in [9.17, 15) is 0 Å². The largest absolute Gasteiger partial charge is 0.252 e. The van der Waals surface area contributed by atoms with Crippen LogP contribution >= 0.6 is 0 Å². The molecule has 0 atom stereocenters. The number of aromatic nitrogens is 3. The van der Waals surface area contributed by atoms with Gasteiger partial charge in [0.15, 0.2) is 23.8 Å². The van der Waals surface area contributed by atoms with E-state index in [1.165, 1.54) is 0 Å². The third-order valence-electron chi connectivity index (χ3n) is 3.99. The van der Waals surface area contributed by atoms with Gasteiger partial charge in [0.2, 0.25) is 17.1 Å². The Morgan fingerprint density at radius 2 is 1.65 bits per heavy atom. The van der Waals surface area contributed by atoms with Gasteiger partial charge in [-0.15, -0.1) is 0 Å². The first-order valence-electron chi connectivity index (χ1n) is 7.44. The van der Waals surface area contributed by atoms with Crippen LogP contribution in [-0.2, 0) is 0 Å². The first kappa shape index (κ1) is 14.9. The van der Waals surface area contributed by atoms with E-state index >= 15 is 0 Å². The molecule has 4 nitrogen and oxygen atoms in total. The van der Waals surface area contributed by atoms with Crippen molar-refractivity contribution in [2.24, 2.45) is 0 Å². The molecule has 2 aromatic heterocycles. The molecule has 0 amide bonds. The molecule has 2 heterocycles. The molecule has 0 N–H and O–H groups in total. The van der Waals surface area contributed by atoms with Gasteiger partial charge in [0.25, 0.3) is 0 Å². The van der Waals surface area contributed by atoms with Crippen molar-refractivity contribution in [2.45, 2.75) is 20.8 Å². The average Bonchev–Trinajstić information content (AvgIpc) is 2.57. The van der Waals surface area contributed by atoms with Crippen LogP contribution in [0.3, 0.4) is 0 Å². The standard InChI is InChI=1S/C19H18N4/c1-14-7-5-6-9-22(14)18-11-17(20-4)12-19(16(18)3)23-10-8-21-13-15(23)2/h5-13H,1-3H3/q+2. The lowest BCUT2D eigenvalue weighted by Gasteiger charge is -2.07. The van der Waals surface area contributed by atoms with Crippen LogP contribution in [0.2, 0.25) is 0 Å². The van der Waals surface area contributed by atoms with Gasteiger partial charge in [-0.2, -0.15) is 9.13 Å². The van der Waals surface area contributed by atoms with Crippen molar-refractivity contribution >= 4 is 5.69 Å². The maximum Gasteiger partial charge on any atom is 0.210 e. The van der Waals surface area contributed by atoms with Gasteiger partial charge in [-0.1, -0.05) is 6.07 Å². The van der Waals surface area contributed by atoms with Crippen LogP contribution in [0.25, 0.3) is 16.2 Å². The molecule has 112 valence electrons. The monoisotopic (exact) mass is 302 g/mol. The van der Waals surface area contributed by atoms with Crippen molar-refractivity contribution in [3.63, 3.8) is 0 Å². The van der Waals surface area contributed by atoms with Gasteiger partial charge in [0.05, 0.1) is 24.5 Å². The Hall–Kier alpha value is -3.06. The molecule has 0 fully saturated rings. The Balaban J connectivity index is 2.32. The predicted octanol–water partition coefficient (Wildman–Crippen LogP) is 3.11. The number of nitrogens with zero attached hydrogens (tertiary/aromatic N) is 4. The van der Waals surface area contributed by atoms with Crippen molar-refractivity contribution in [1.82, 2.24) is 4.98 Å². The van der Waals surface area contributed by atoms with Crippen LogP contribution in [0.15, 0.2) is 55.1 Å². The van der Waals surface area contributed by atoms with Crippen LogP contribution in [0, 0.1) is 27.3 Å². The normalized spacial score (nSPS) is 10.3. The van der Waals surface area contributed by atoms with Crippen molar-refractivity contribution in [3.8, 4) is 11.4 Å². The number of aryl methyl sites for hydroxylation is 2. The molecule has 0 saturated heterocycles. The molecule has 0 radical (unpaired) electrons. The summed E-state index contributed by atoms with van der Waals surface area (Å²) in [5.41, 5.74) is 5.93. The minimum atomic E-state index is 0.625. The minimum Gasteiger partial charge on any atom is -0.252 e. The Kier molecular flexibility index (Phi) is 3.86. The second-order valence-corrected chi connectivity index (χ2v) is 5.52. The summed E-state index contributed by atoms with van der Waals surface area (Å²) in [4.78, 5) is 7.80. The fourth-order valence-corrected chi connectivity index (χ4v) is 2.74. The summed E-state index contributed by atoms with van der Waals surface area (Å²) in [6.45, 7) is 13.6. The van der Waals surface area contributed by atoms with Crippen LogP contribution in [-0.4, -0.2) is 4.98 Å². The van der Waals surface area contributed by atoms with E-state index in [0.29, 0.717) is 5.69 Å². The lowest BCUT2D eigenvalue weighted by atomic mass is 10.1. The highest BCUT2D eigenvalue weighted by Gasteiger charge is 2.23. The van der Waals surface area contributed by atoms with Gasteiger partial charge in [-0.25, -0.2) is 4.85 Å². The van der Waals surface area contributed by atoms with Gasteiger partial charge in [-0.05, 0) is 6.92 Å². The van der Waals surface area contributed by atoms with E-state index in [1.807, 2.05) is 49.8 Å². The summed E-state index contributed by atoms with van der Waals surface area (Å²) < 4.78 is 4.18. The molecule has 3 rings (SSSR count). The molecule has 0 aliphatic carbocycles. The minimum absolute atomic E-state index is 0.625. The summed E-state index contributed by atoms with van der Waals surface area (Å²) in [6.07, 6.45) is 7.54. The maximum atomic E-state index is 7.43. The molecule has 0 bridgehead atoms. The molecule has 0 aliphatic heterocycles. The Bertz CT molecular complexity index is 856. The lowest BCUT2D eigenvalue weighted by molar-refractivity contribution is -0.612. The second kappa shape index (κ2) is 5.98. The summed E-state index contributed by atoms with van der Waals surface area (Å²) in [7, 11) is 0. The van der Waals surface area contributed by atoms with Crippen molar-refractivity contribution in [3.05, 3.63) is 83.5 Å². The highest BCUT2D eigenvalue weighted by molar-refractivity contribution is 5.59. The summed E-state index contributed by atoms with van der Waals surface area (Å²) >= 11 is 0. The summed E-state index contributed by atoms with van der Waals surface area (Å²) in [5, 5.41) is 0. The predicted molar refractivity (Wildman–Crippen MR) is 87.8 cm³/mol. The Morgan fingerprint density at radius 3 is 2.26 bits per heavy atom. The quantitative estimate of drug-likeness (QED) is 0.527. The van der Waals surface area contributed by atoms with Crippen molar-refractivity contribution < 1.29 is 9.13 Å².